The maximum atomic E-state index is 13.0. The van der Waals surface area contributed by atoms with Crippen LogP contribution in [-0.4, -0.2) is 38.9 Å². The number of benzene rings is 1. The number of rotatable bonds is 5. The van der Waals surface area contributed by atoms with Gasteiger partial charge in [-0.15, -0.1) is 0 Å². The third-order valence-electron chi connectivity index (χ3n) is 4.70. The average Bonchev–Trinajstić information content (AvgIpc) is 2.63. The molecule has 1 aromatic carbocycles. The molecule has 1 aromatic heterocycles. The lowest BCUT2D eigenvalue weighted by atomic mass is 9.82. The topological polar surface area (TPSA) is 126 Å². The fourth-order valence-corrected chi connectivity index (χ4v) is 3.22. The van der Waals surface area contributed by atoms with Crippen LogP contribution in [0.15, 0.2) is 42.6 Å². The van der Waals surface area contributed by atoms with E-state index in [4.69, 9.17) is 5.73 Å². The number of carbonyl (C=O) groups excluding carboxylic acids is 2. The van der Waals surface area contributed by atoms with E-state index >= 15 is 0 Å². The molecule has 1 fully saturated rings. The van der Waals surface area contributed by atoms with Gasteiger partial charge in [-0.1, -0.05) is 12.1 Å². The summed E-state index contributed by atoms with van der Waals surface area (Å²) in [6.45, 7) is 1.66. The van der Waals surface area contributed by atoms with Gasteiger partial charge >= 0.3 is 12.0 Å². The Morgan fingerprint density at radius 3 is 2.61 bits per heavy atom. The second-order valence-corrected chi connectivity index (χ2v) is 6.61. The maximum Gasteiger partial charge on any atom is 0.327 e. The minimum absolute atomic E-state index is 0.139. The molecular weight excluding hydrogens is 367 g/mol. The first-order chi connectivity index (χ1) is 13.3. The summed E-state index contributed by atoms with van der Waals surface area (Å²) in [7, 11) is 0. The molecule has 1 saturated heterocycles. The molecule has 3 rings (SSSR count). The molecular formula is C19H19FN4O4. The molecule has 28 heavy (non-hydrogen) atoms. The van der Waals surface area contributed by atoms with Gasteiger partial charge in [0.25, 0.3) is 0 Å². The van der Waals surface area contributed by atoms with Gasteiger partial charge in [-0.3, -0.25) is 4.79 Å². The van der Waals surface area contributed by atoms with E-state index < -0.39 is 41.7 Å². The summed E-state index contributed by atoms with van der Waals surface area (Å²) < 4.78 is 13.0. The molecule has 3 amide bonds. The van der Waals surface area contributed by atoms with Gasteiger partial charge in [-0.2, -0.15) is 0 Å². The van der Waals surface area contributed by atoms with Crippen LogP contribution >= 0.6 is 0 Å². The lowest BCUT2D eigenvalue weighted by molar-refractivity contribution is -0.165. The van der Waals surface area contributed by atoms with Crippen molar-refractivity contribution in [2.45, 2.75) is 25.4 Å². The zero-order chi connectivity index (χ0) is 20.4. The molecule has 0 radical (unpaired) electrons. The number of hydrogen-bond donors (Lipinski definition) is 3. The van der Waals surface area contributed by atoms with Gasteiger partial charge in [0, 0.05) is 6.20 Å². The number of likely N-dealkylation sites (tertiary alicyclic amines) is 1. The van der Waals surface area contributed by atoms with E-state index in [0.29, 0.717) is 16.0 Å². The third kappa shape index (κ3) is 3.78. The molecule has 146 valence electrons. The van der Waals surface area contributed by atoms with Gasteiger partial charge in [-0.05, 0) is 48.7 Å². The Labute approximate surface area is 160 Å². The molecule has 1 aliphatic rings. The molecule has 0 unspecified atom stereocenters. The molecule has 8 nitrogen and oxygen atoms in total. The number of halogens is 1. The monoisotopic (exact) mass is 386 g/mol. The normalized spacial score (nSPS) is 19.6. The van der Waals surface area contributed by atoms with Gasteiger partial charge in [0.15, 0.2) is 6.04 Å². The summed E-state index contributed by atoms with van der Waals surface area (Å²) in [5.74, 6) is -2.86. The Morgan fingerprint density at radius 1 is 1.32 bits per heavy atom. The Kier molecular flexibility index (Phi) is 5.25. The predicted octanol–water partition coefficient (Wildman–Crippen LogP) is 1.73. The van der Waals surface area contributed by atoms with Crippen molar-refractivity contribution < 1.29 is 23.9 Å². The lowest BCUT2D eigenvalue weighted by Crippen LogP contribution is -2.68. The smallest absolute Gasteiger partial charge is 0.327 e. The summed E-state index contributed by atoms with van der Waals surface area (Å²) in [4.78, 5) is 41.2. The fourth-order valence-electron chi connectivity index (χ4n) is 3.22. The predicted molar refractivity (Wildman–Crippen MR) is 97.5 cm³/mol. The largest absolute Gasteiger partial charge is 0.480 e. The summed E-state index contributed by atoms with van der Waals surface area (Å²) in [6.07, 6.45) is 1.61. The zero-order valence-electron chi connectivity index (χ0n) is 15.0. The molecule has 3 atom stereocenters. The summed E-state index contributed by atoms with van der Waals surface area (Å²) in [5, 5.41) is 12.1. The number of carboxylic acid groups (broad SMARTS) is 1. The van der Waals surface area contributed by atoms with Crippen molar-refractivity contribution in [3.8, 4) is 0 Å². The number of aromatic nitrogens is 1. The average molecular weight is 386 g/mol. The molecule has 0 bridgehead atoms. The van der Waals surface area contributed by atoms with Crippen LogP contribution in [0.2, 0.25) is 0 Å². The summed E-state index contributed by atoms with van der Waals surface area (Å²) in [5.41, 5.74) is 6.89. The molecule has 9 heteroatoms. The van der Waals surface area contributed by atoms with Crippen molar-refractivity contribution in [3.63, 3.8) is 0 Å². The molecule has 0 saturated carbocycles. The second kappa shape index (κ2) is 7.63. The number of anilines is 1. The van der Waals surface area contributed by atoms with Crippen molar-refractivity contribution in [1.29, 1.82) is 0 Å². The minimum atomic E-state index is -1.28. The van der Waals surface area contributed by atoms with E-state index in [0.717, 1.165) is 0 Å². The number of nitrogens with two attached hydrogens (primary N) is 1. The standard InChI is InChI=1S/C19H19FN4O4/c1-10(12-2-4-13(20)5-3-12)23-19(28)24-16(18(26)27)14(17(24)25)8-11-6-7-22-15(21)9-11/h2-7,9-10,14,16H,8H2,1H3,(H2,21,22)(H,23,28)(H,26,27)/t10-,14-,16+/m1/s1. The molecule has 2 aromatic rings. The number of hydrogen-bond acceptors (Lipinski definition) is 5. The molecule has 0 spiro atoms. The lowest BCUT2D eigenvalue weighted by Gasteiger charge is -2.43. The van der Waals surface area contributed by atoms with Crippen molar-refractivity contribution in [2.24, 2.45) is 5.92 Å². The SMILES string of the molecule is C[C@@H](NC(=O)N1C(=O)[C@H](Cc2ccnc(N)c2)[C@H]1C(=O)O)c1ccc(F)cc1. The van der Waals surface area contributed by atoms with E-state index in [1.54, 1.807) is 19.1 Å². The number of nitrogens with zero attached hydrogens (tertiary/aromatic N) is 2. The summed E-state index contributed by atoms with van der Waals surface area (Å²) >= 11 is 0. The van der Waals surface area contributed by atoms with Gasteiger partial charge < -0.3 is 16.2 Å². The van der Waals surface area contributed by atoms with E-state index in [2.05, 4.69) is 10.3 Å². The number of carbonyl (C=O) groups is 3. The Morgan fingerprint density at radius 2 is 2.00 bits per heavy atom. The summed E-state index contributed by atoms with van der Waals surface area (Å²) in [6, 6.07) is 6.10. The van der Waals surface area contributed by atoms with Gasteiger partial charge in [0.05, 0.1) is 12.0 Å². The number of pyridine rings is 1. The number of nitrogens with one attached hydrogen (secondary N) is 1. The van der Waals surface area contributed by atoms with Gasteiger partial charge in [0.2, 0.25) is 5.91 Å². The number of amides is 3. The number of nitrogen functional groups attached to an aromatic ring is 1. The quantitative estimate of drug-likeness (QED) is 0.672. The van der Waals surface area contributed by atoms with E-state index in [-0.39, 0.29) is 12.2 Å². The van der Waals surface area contributed by atoms with Crippen molar-refractivity contribution in [2.75, 3.05) is 5.73 Å². The van der Waals surface area contributed by atoms with Gasteiger partial charge in [-0.25, -0.2) is 23.9 Å². The Balaban J connectivity index is 1.70. The van der Waals surface area contributed by atoms with Crippen LogP contribution in [0, 0.1) is 11.7 Å². The van der Waals surface area contributed by atoms with Crippen LogP contribution in [0.1, 0.15) is 24.1 Å². The highest BCUT2D eigenvalue weighted by atomic mass is 19.1. The number of aliphatic carboxylic acids is 1. The van der Waals surface area contributed by atoms with Crippen molar-refractivity contribution in [3.05, 3.63) is 59.5 Å². The highest BCUT2D eigenvalue weighted by Crippen LogP contribution is 2.31. The highest BCUT2D eigenvalue weighted by Gasteiger charge is 2.54. The maximum absolute atomic E-state index is 13.0. The zero-order valence-corrected chi connectivity index (χ0v) is 15.0. The molecule has 4 N–H and O–H groups in total. The Bertz CT molecular complexity index is 918. The molecule has 2 heterocycles. The van der Waals surface area contributed by atoms with Crippen molar-refractivity contribution >= 4 is 23.7 Å². The molecule has 0 aliphatic carbocycles. The van der Waals surface area contributed by atoms with Crippen LogP contribution < -0.4 is 11.1 Å². The van der Waals surface area contributed by atoms with E-state index in [9.17, 15) is 23.9 Å². The highest BCUT2D eigenvalue weighted by molar-refractivity contribution is 6.07. The van der Waals surface area contributed by atoms with Gasteiger partial charge in [0.1, 0.15) is 11.6 Å². The van der Waals surface area contributed by atoms with Crippen LogP contribution in [0.4, 0.5) is 15.0 Å². The van der Waals surface area contributed by atoms with E-state index in [1.807, 2.05) is 0 Å². The number of urea groups is 1. The first-order valence-corrected chi connectivity index (χ1v) is 8.60. The fraction of sp³-hybridized carbons (Fsp3) is 0.263. The van der Waals surface area contributed by atoms with Crippen LogP contribution in [0.3, 0.4) is 0 Å². The minimum Gasteiger partial charge on any atom is -0.480 e. The Hall–Kier alpha value is -3.49. The second-order valence-electron chi connectivity index (χ2n) is 6.61. The van der Waals surface area contributed by atoms with Crippen molar-refractivity contribution in [1.82, 2.24) is 15.2 Å². The molecule has 1 aliphatic heterocycles. The van der Waals surface area contributed by atoms with Crippen LogP contribution in [-0.2, 0) is 16.0 Å². The first kappa shape index (κ1) is 19.3. The number of β-lactam (4-membered cyclic amide) rings is 1. The van der Waals surface area contributed by atoms with Crippen LogP contribution in [0.5, 0.6) is 0 Å². The van der Waals surface area contributed by atoms with E-state index in [1.165, 1.54) is 30.5 Å². The third-order valence-corrected chi connectivity index (χ3v) is 4.70. The number of carboxylic acids is 1. The number of imide groups is 1. The van der Waals surface area contributed by atoms with Crippen LogP contribution in [0.25, 0.3) is 0 Å². The first-order valence-electron chi connectivity index (χ1n) is 8.60.